The Morgan fingerprint density at radius 1 is 1.17 bits per heavy atom. The van der Waals surface area contributed by atoms with Gasteiger partial charge < -0.3 is 15.6 Å². The molecule has 0 aliphatic carbocycles. The Hall–Kier alpha value is -2.00. The van der Waals surface area contributed by atoms with Gasteiger partial charge in [-0.2, -0.15) is 0 Å². The van der Waals surface area contributed by atoms with Gasteiger partial charge in [0.05, 0.1) is 0 Å². The Morgan fingerprint density at radius 2 is 1.89 bits per heavy atom. The van der Waals surface area contributed by atoms with Gasteiger partial charge in [-0.3, -0.25) is 0 Å². The number of rotatable bonds is 4. The van der Waals surface area contributed by atoms with Gasteiger partial charge in [0.15, 0.2) is 0 Å². The average Bonchev–Trinajstić information content (AvgIpc) is 2.37. The second-order valence-electron chi connectivity index (χ2n) is 4.32. The second-order valence-corrected chi connectivity index (χ2v) is 4.32. The zero-order chi connectivity index (χ0) is 13.0. The van der Waals surface area contributed by atoms with Gasteiger partial charge in [0.1, 0.15) is 18.1 Å². The van der Waals surface area contributed by atoms with Crippen molar-refractivity contribution in [2.45, 2.75) is 19.6 Å². The third-order valence-corrected chi connectivity index (χ3v) is 2.72. The highest BCUT2D eigenvalue weighted by molar-refractivity contribution is 5.30. The van der Waals surface area contributed by atoms with E-state index in [0.717, 1.165) is 16.9 Å². The fraction of sp³-hybridized carbons (Fsp3) is 0.200. The number of nitrogens with two attached hydrogens (primary N) is 1. The lowest BCUT2D eigenvalue weighted by molar-refractivity contribution is 0.305. The van der Waals surface area contributed by atoms with Gasteiger partial charge >= 0.3 is 0 Å². The molecule has 94 valence electrons. The molecule has 0 radical (unpaired) electrons. The second kappa shape index (κ2) is 5.56. The van der Waals surface area contributed by atoms with E-state index in [0.29, 0.717) is 6.61 Å². The highest BCUT2D eigenvalue weighted by atomic mass is 16.5. The molecule has 0 fully saturated rings. The topological polar surface area (TPSA) is 55.5 Å². The fourth-order valence-corrected chi connectivity index (χ4v) is 1.68. The van der Waals surface area contributed by atoms with Crippen LogP contribution in [0.1, 0.15) is 24.1 Å². The number of benzene rings is 2. The maximum Gasteiger partial charge on any atom is 0.119 e. The molecule has 0 unspecified atom stereocenters. The number of hydrogen-bond donors (Lipinski definition) is 2. The van der Waals surface area contributed by atoms with Gasteiger partial charge in [-0.05, 0) is 42.3 Å². The summed E-state index contributed by atoms with van der Waals surface area (Å²) in [6.45, 7) is 2.38. The molecule has 0 amide bonds. The standard InChI is InChI=1S/C15H17NO2/c1-11(16)13-5-7-15(8-6-13)18-10-12-3-2-4-14(17)9-12/h2-9,11,17H,10,16H2,1H3/t11-/m0/s1. The molecule has 0 aliphatic rings. The van der Waals surface area contributed by atoms with Crippen LogP contribution < -0.4 is 10.5 Å². The van der Waals surface area contributed by atoms with Crippen LogP contribution in [-0.4, -0.2) is 5.11 Å². The summed E-state index contributed by atoms with van der Waals surface area (Å²) in [6, 6.07) is 14.8. The lowest BCUT2D eigenvalue weighted by atomic mass is 10.1. The molecule has 0 aliphatic heterocycles. The van der Waals surface area contributed by atoms with Crippen molar-refractivity contribution in [3.8, 4) is 11.5 Å². The predicted octanol–water partition coefficient (Wildman–Crippen LogP) is 2.99. The first-order valence-corrected chi connectivity index (χ1v) is 5.91. The summed E-state index contributed by atoms with van der Waals surface area (Å²) in [4.78, 5) is 0. The van der Waals surface area contributed by atoms with Crippen LogP contribution in [0.2, 0.25) is 0 Å². The number of phenolic OH excluding ortho intramolecular Hbond substituents is 1. The van der Waals surface area contributed by atoms with Crippen molar-refractivity contribution in [3.05, 3.63) is 59.7 Å². The first kappa shape index (κ1) is 12.5. The van der Waals surface area contributed by atoms with E-state index < -0.39 is 0 Å². The Kier molecular flexibility index (Phi) is 3.85. The number of aromatic hydroxyl groups is 1. The molecular formula is C15H17NO2. The van der Waals surface area contributed by atoms with Crippen molar-refractivity contribution in [2.75, 3.05) is 0 Å². The van der Waals surface area contributed by atoms with E-state index >= 15 is 0 Å². The minimum atomic E-state index is 0.0325. The maximum absolute atomic E-state index is 9.34. The summed E-state index contributed by atoms with van der Waals surface area (Å²) in [5.41, 5.74) is 7.80. The van der Waals surface area contributed by atoms with E-state index in [-0.39, 0.29) is 11.8 Å². The van der Waals surface area contributed by atoms with Crippen molar-refractivity contribution in [3.63, 3.8) is 0 Å². The summed E-state index contributed by atoms with van der Waals surface area (Å²) in [6.07, 6.45) is 0. The molecule has 0 spiro atoms. The average molecular weight is 243 g/mol. The van der Waals surface area contributed by atoms with Gasteiger partial charge in [-0.1, -0.05) is 24.3 Å². The summed E-state index contributed by atoms with van der Waals surface area (Å²) in [7, 11) is 0. The zero-order valence-corrected chi connectivity index (χ0v) is 10.3. The lowest BCUT2D eigenvalue weighted by Crippen LogP contribution is -2.04. The van der Waals surface area contributed by atoms with Gasteiger partial charge in [-0.25, -0.2) is 0 Å². The van der Waals surface area contributed by atoms with Crippen LogP contribution >= 0.6 is 0 Å². The van der Waals surface area contributed by atoms with Crippen LogP contribution in [-0.2, 0) is 6.61 Å². The lowest BCUT2D eigenvalue weighted by Gasteiger charge is -2.09. The molecule has 0 aromatic heterocycles. The quantitative estimate of drug-likeness (QED) is 0.868. The van der Waals surface area contributed by atoms with E-state index in [2.05, 4.69) is 0 Å². The molecule has 0 bridgehead atoms. The normalized spacial score (nSPS) is 12.1. The molecule has 0 heterocycles. The van der Waals surface area contributed by atoms with Crippen LogP contribution in [0.15, 0.2) is 48.5 Å². The molecule has 0 saturated heterocycles. The van der Waals surface area contributed by atoms with E-state index in [1.54, 1.807) is 18.2 Å². The smallest absolute Gasteiger partial charge is 0.119 e. The summed E-state index contributed by atoms with van der Waals surface area (Å²) in [5, 5.41) is 9.34. The number of phenols is 1. The maximum atomic E-state index is 9.34. The highest BCUT2D eigenvalue weighted by Gasteiger charge is 2.00. The molecular weight excluding hydrogens is 226 g/mol. The molecule has 3 N–H and O–H groups in total. The molecule has 1 atom stereocenters. The summed E-state index contributed by atoms with van der Waals surface area (Å²) >= 11 is 0. The predicted molar refractivity (Wildman–Crippen MR) is 71.5 cm³/mol. The Balaban J connectivity index is 1.98. The Labute approximate surface area is 107 Å². The third-order valence-electron chi connectivity index (χ3n) is 2.72. The Bertz CT molecular complexity index is 506. The van der Waals surface area contributed by atoms with Crippen molar-refractivity contribution in [2.24, 2.45) is 5.73 Å². The van der Waals surface area contributed by atoms with Crippen molar-refractivity contribution in [1.29, 1.82) is 0 Å². The van der Waals surface area contributed by atoms with Gasteiger partial charge in [-0.15, -0.1) is 0 Å². The first-order chi connectivity index (χ1) is 8.65. The fourth-order valence-electron chi connectivity index (χ4n) is 1.68. The van der Waals surface area contributed by atoms with E-state index in [1.807, 2.05) is 37.3 Å². The first-order valence-electron chi connectivity index (χ1n) is 5.91. The minimum Gasteiger partial charge on any atom is -0.508 e. The van der Waals surface area contributed by atoms with Crippen molar-refractivity contribution < 1.29 is 9.84 Å². The van der Waals surface area contributed by atoms with Crippen molar-refractivity contribution in [1.82, 2.24) is 0 Å². The SMILES string of the molecule is C[C@H](N)c1ccc(OCc2cccc(O)c2)cc1. The van der Waals surface area contributed by atoms with Gasteiger partial charge in [0, 0.05) is 6.04 Å². The van der Waals surface area contributed by atoms with Crippen LogP contribution in [0.5, 0.6) is 11.5 Å². The van der Waals surface area contributed by atoms with Gasteiger partial charge in [0.25, 0.3) is 0 Å². The van der Waals surface area contributed by atoms with Crippen LogP contribution in [0, 0.1) is 0 Å². The summed E-state index contributed by atoms with van der Waals surface area (Å²) < 4.78 is 5.63. The molecule has 3 nitrogen and oxygen atoms in total. The van der Waals surface area contributed by atoms with E-state index in [4.69, 9.17) is 10.5 Å². The molecule has 0 saturated carbocycles. The monoisotopic (exact) mass is 243 g/mol. The molecule has 2 rings (SSSR count). The Morgan fingerprint density at radius 3 is 2.50 bits per heavy atom. The van der Waals surface area contributed by atoms with Crippen molar-refractivity contribution >= 4 is 0 Å². The number of ether oxygens (including phenoxy) is 1. The van der Waals surface area contributed by atoms with Gasteiger partial charge in [0.2, 0.25) is 0 Å². The third kappa shape index (κ3) is 3.25. The largest absolute Gasteiger partial charge is 0.508 e. The number of hydrogen-bond acceptors (Lipinski definition) is 3. The zero-order valence-electron chi connectivity index (χ0n) is 10.3. The molecule has 2 aromatic rings. The molecule has 3 heteroatoms. The van der Waals surface area contributed by atoms with Crippen LogP contribution in [0.25, 0.3) is 0 Å². The molecule has 2 aromatic carbocycles. The van der Waals surface area contributed by atoms with E-state index in [9.17, 15) is 5.11 Å². The summed E-state index contributed by atoms with van der Waals surface area (Å²) in [5.74, 6) is 1.05. The van der Waals surface area contributed by atoms with Crippen LogP contribution in [0.4, 0.5) is 0 Å². The minimum absolute atomic E-state index is 0.0325. The molecule has 18 heavy (non-hydrogen) atoms. The highest BCUT2D eigenvalue weighted by Crippen LogP contribution is 2.18. The van der Waals surface area contributed by atoms with E-state index in [1.165, 1.54) is 0 Å². The van der Waals surface area contributed by atoms with Crippen LogP contribution in [0.3, 0.4) is 0 Å².